The van der Waals surface area contributed by atoms with Crippen LogP contribution in [0, 0.1) is 0 Å². The molecule has 21 heavy (non-hydrogen) atoms. The standard InChI is InChI=1S/C16H18N2O3/c1-21-14-7-3-2-6-13(14)9-10-17-15(19)12-18-11-5-4-8-16(18)20/h2-8,11H,9-10,12H2,1H3,(H,17,19). The van der Waals surface area contributed by atoms with Crippen molar-refractivity contribution in [1.82, 2.24) is 9.88 Å². The smallest absolute Gasteiger partial charge is 0.250 e. The van der Waals surface area contributed by atoms with Gasteiger partial charge in [-0.05, 0) is 24.1 Å². The number of nitrogens with zero attached hydrogens (tertiary/aromatic N) is 1. The van der Waals surface area contributed by atoms with Crippen molar-refractivity contribution in [3.05, 3.63) is 64.6 Å². The van der Waals surface area contributed by atoms with Crippen molar-refractivity contribution < 1.29 is 9.53 Å². The molecule has 0 aliphatic carbocycles. The average molecular weight is 286 g/mol. The largest absolute Gasteiger partial charge is 0.496 e. The predicted octanol–water partition coefficient (Wildman–Crippen LogP) is 1.22. The molecule has 1 amide bonds. The lowest BCUT2D eigenvalue weighted by atomic mass is 10.1. The molecule has 2 rings (SSSR count). The number of nitrogens with one attached hydrogen (secondary N) is 1. The maximum atomic E-state index is 11.8. The summed E-state index contributed by atoms with van der Waals surface area (Å²) >= 11 is 0. The highest BCUT2D eigenvalue weighted by molar-refractivity contribution is 5.75. The van der Waals surface area contributed by atoms with Gasteiger partial charge in [0.05, 0.1) is 7.11 Å². The van der Waals surface area contributed by atoms with E-state index in [-0.39, 0.29) is 18.0 Å². The molecule has 0 aliphatic rings. The van der Waals surface area contributed by atoms with Crippen molar-refractivity contribution in [2.24, 2.45) is 0 Å². The van der Waals surface area contributed by atoms with Crippen LogP contribution in [0.3, 0.4) is 0 Å². The van der Waals surface area contributed by atoms with E-state index in [2.05, 4.69) is 5.32 Å². The Morgan fingerprint density at radius 2 is 1.95 bits per heavy atom. The number of aromatic nitrogens is 1. The number of rotatable bonds is 6. The molecule has 0 atom stereocenters. The molecule has 0 bridgehead atoms. The topological polar surface area (TPSA) is 60.3 Å². The maximum Gasteiger partial charge on any atom is 0.250 e. The van der Waals surface area contributed by atoms with Crippen LogP contribution in [0.25, 0.3) is 0 Å². The van der Waals surface area contributed by atoms with E-state index in [1.807, 2.05) is 24.3 Å². The summed E-state index contributed by atoms with van der Waals surface area (Å²) in [7, 11) is 1.62. The van der Waals surface area contributed by atoms with Gasteiger partial charge >= 0.3 is 0 Å². The van der Waals surface area contributed by atoms with Crippen molar-refractivity contribution in [2.75, 3.05) is 13.7 Å². The van der Waals surface area contributed by atoms with Crippen LogP contribution in [0.15, 0.2) is 53.5 Å². The van der Waals surface area contributed by atoms with E-state index in [1.165, 1.54) is 10.6 Å². The first kappa shape index (κ1) is 14.8. The highest BCUT2D eigenvalue weighted by atomic mass is 16.5. The number of benzene rings is 1. The Morgan fingerprint density at radius 3 is 2.71 bits per heavy atom. The van der Waals surface area contributed by atoms with E-state index >= 15 is 0 Å². The van der Waals surface area contributed by atoms with Gasteiger partial charge in [-0.15, -0.1) is 0 Å². The van der Waals surface area contributed by atoms with Crippen LogP contribution in [-0.4, -0.2) is 24.1 Å². The van der Waals surface area contributed by atoms with Crippen LogP contribution in [-0.2, 0) is 17.8 Å². The second-order valence-corrected chi connectivity index (χ2v) is 4.58. The summed E-state index contributed by atoms with van der Waals surface area (Å²) in [6, 6.07) is 12.5. The van der Waals surface area contributed by atoms with Crippen molar-refractivity contribution in [2.45, 2.75) is 13.0 Å². The summed E-state index contributed by atoms with van der Waals surface area (Å²) in [5, 5.41) is 2.80. The first-order valence-corrected chi connectivity index (χ1v) is 6.75. The van der Waals surface area contributed by atoms with Crippen molar-refractivity contribution in [3.63, 3.8) is 0 Å². The molecule has 0 radical (unpaired) electrons. The van der Waals surface area contributed by atoms with Gasteiger partial charge in [0.2, 0.25) is 5.91 Å². The average Bonchev–Trinajstić information content (AvgIpc) is 2.50. The Bertz CT molecular complexity index is 664. The first-order valence-electron chi connectivity index (χ1n) is 6.75. The molecule has 0 aliphatic heterocycles. The number of pyridine rings is 1. The number of methoxy groups -OCH3 is 1. The fourth-order valence-corrected chi connectivity index (χ4v) is 2.05. The van der Waals surface area contributed by atoms with Crippen LogP contribution >= 0.6 is 0 Å². The highest BCUT2D eigenvalue weighted by Crippen LogP contribution is 2.17. The zero-order valence-corrected chi connectivity index (χ0v) is 11.9. The Morgan fingerprint density at radius 1 is 1.19 bits per heavy atom. The number of ether oxygens (including phenoxy) is 1. The number of hydrogen-bond acceptors (Lipinski definition) is 3. The summed E-state index contributed by atoms with van der Waals surface area (Å²) in [5.41, 5.74) is 0.856. The summed E-state index contributed by atoms with van der Waals surface area (Å²) in [6.45, 7) is 0.534. The minimum atomic E-state index is -0.183. The van der Waals surface area contributed by atoms with Crippen LogP contribution in [0.5, 0.6) is 5.75 Å². The van der Waals surface area contributed by atoms with Gasteiger partial charge in [-0.1, -0.05) is 24.3 Å². The van der Waals surface area contributed by atoms with Crippen LogP contribution in [0.1, 0.15) is 5.56 Å². The lowest BCUT2D eigenvalue weighted by Gasteiger charge is -2.09. The van der Waals surface area contributed by atoms with Crippen LogP contribution < -0.4 is 15.6 Å². The van der Waals surface area contributed by atoms with E-state index in [9.17, 15) is 9.59 Å². The van der Waals surface area contributed by atoms with Crippen molar-refractivity contribution in [1.29, 1.82) is 0 Å². The van der Waals surface area contributed by atoms with Gasteiger partial charge in [0.1, 0.15) is 12.3 Å². The number of carbonyl (C=O) groups excluding carboxylic acids is 1. The van der Waals surface area contributed by atoms with E-state index in [1.54, 1.807) is 25.4 Å². The quantitative estimate of drug-likeness (QED) is 0.868. The number of para-hydroxylation sites is 1. The first-order chi connectivity index (χ1) is 10.2. The van der Waals surface area contributed by atoms with Crippen LogP contribution in [0.4, 0.5) is 0 Å². The summed E-state index contributed by atoms with van der Waals surface area (Å²) in [6.07, 6.45) is 2.28. The Balaban J connectivity index is 1.85. The van der Waals surface area contributed by atoms with E-state index in [4.69, 9.17) is 4.74 Å². The molecule has 0 saturated carbocycles. The monoisotopic (exact) mass is 286 g/mol. The molecule has 1 N–H and O–H groups in total. The van der Waals surface area contributed by atoms with E-state index in [0.29, 0.717) is 13.0 Å². The van der Waals surface area contributed by atoms with Gasteiger partial charge in [-0.25, -0.2) is 0 Å². The second kappa shape index (κ2) is 7.28. The Labute approximate surface area is 123 Å². The van der Waals surface area contributed by atoms with Gasteiger partial charge in [0.25, 0.3) is 5.56 Å². The predicted molar refractivity (Wildman–Crippen MR) is 80.4 cm³/mol. The molecule has 0 saturated heterocycles. The van der Waals surface area contributed by atoms with Crippen LogP contribution in [0.2, 0.25) is 0 Å². The SMILES string of the molecule is COc1ccccc1CCNC(=O)Cn1ccccc1=O. The van der Waals surface area contributed by atoms with Crippen molar-refractivity contribution >= 4 is 5.91 Å². The molecular weight excluding hydrogens is 268 g/mol. The second-order valence-electron chi connectivity index (χ2n) is 4.58. The molecular formula is C16H18N2O3. The number of hydrogen-bond donors (Lipinski definition) is 1. The molecule has 1 heterocycles. The minimum absolute atomic E-state index is 0.0333. The summed E-state index contributed by atoms with van der Waals surface area (Å²) < 4.78 is 6.63. The fourth-order valence-electron chi connectivity index (χ4n) is 2.05. The van der Waals surface area contributed by atoms with Gasteiger partial charge in [0, 0.05) is 18.8 Å². The van der Waals surface area contributed by atoms with Crippen molar-refractivity contribution in [3.8, 4) is 5.75 Å². The molecule has 5 nitrogen and oxygen atoms in total. The Kier molecular flexibility index (Phi) is 5.15. The highest BCUT2D eigenvalue weighted by Gasteiger charge is 2.05. The van der Waals surface area contributed by atoms with Gasteiger partial charge in [-0.3, -0.25) is 9.59 Å². The molecule has 1 aromatic heterocycles. The maximum absolute atomic E-state index is 11.8. The van der Waals surface area contributed by atoms with E-state index < -0.39 is 0 Å². The number of amides is 1. The third kappa shape index (κ3) is 4.21. The third-order valence-corrected chi connectivity index (χ3v) is 3.12. The molecule has 2 aromatic rings. The Hall–Kier alpha value is -2.56. The third-order valence-electron chi connectivity index (χ3n) is 3.12. The summed E-state index contributed by atoms with van der Waals surface area (Å²) in [5.74, 6) is 0.629. The molecule has 0 spiro atoms. The lowest BCUT2D eigenvalue weighted by molar-refractivity contribution is -0.121. The fraction of sp³-hybridized carbons (Fsp3) is 0.250. The van der Waals surface area contributed by atoms with Gasteiger partial charge < -0.3 is 14.6 Å². The minimum Gasteiger partial charge on any atom is -0.496 e. The normalized spacial score (nSPS) is 10.1. The zero-order valence-electron chi connectivity index (χ0n) is 11.9. The molecule has 5 heteroatoms. The number of carbonyl (C=O) groups is 1. The molecule has 0 fully saturated rings. The molecule has 1 aromatic carbocycles. The van der Waals surface area contributed by atoms with Gasteiger partial charge in [0.15, 0.2) is 0 Å². The van der Waals surface area contributed by atoms with E-state index in [0.717, 1.165) is 11.3 Å². The summed E-state index contributed by atoms with van der Waals surface area (Å²) in [4.78, 5) is 23.3. The van der Waals surface area contributed by atoms with Gasteiger partial charge in [-0.2, -0.15) is 0 Å². The molecule has 0 unspecified atom stereocenters. The lowest BCUT2D eigenvalue weighted by Crippen LogP contribution is -2.32. The zero-order chi connectivity index (χ0) is 15.1. The molecule has 110 valence electrons.